The Balaban J connectivity index is 1.46. The van der Waals surface area contributed by atoms with Gasteiger partial charge in [-0.05, 0) is 57.8 Å². The zero-order valence-corrected chi connectivity index (χ0v) is 18.2. The normalized spacial score (nSPS) is 11.3. The molecule has 0 saturated heterocycles. The molecule has 0 unspecified atom stereocenters. The molecule has 0 bridgehead atoms. The van der Waals surface area contributed by atoms with Gasteiger partial charge in [0.25, 0.3) is 0 Å². The molecule has 0 fully saturated rings. The molecule has 0 radical (unpaired) electrons. The summed E-state index contributed by atoms with van der Waals surface area (Å²) in [4.78, 5) is 0. The third-order valence-electron chi connectivity index (χ3n) is 6.00. The number of hydrogen-bond donors (Lipinski definition) is 0. The van der Waals surface area contributed by atoms with Gasteiger partial charge in [0.05, 0.1) is 12.3 Å². The van der Waals surface area contributed by atoms with Gasteiger partial charge in [-0.15, -0.1) is 5.10 Å². The summed E-state index contributed by atoms with van der Waals surface area (Å²) in [5.74, 6) is 0.815. The van der Waals surface area contributed by atoms with Gasteiger partial charge in [-0.3, -0.25) is 0 Å². The van der Waals surface area contributed by atoms with Crippen molar-refractivity contribution in [2.24, 2.45) is 0 Å². The molecule has 4 aromatic carbocycles. The summed E-state index contributed by atoms with van der Waals surface area (Å²) < 4.78 is 7.86. The average Bonchev–Trinajstić information content (AvgIpc) is 3.44. The van der Waals surface area contributed by atoms with Crippen molar-refractivity contribution in [1.82, 2.24) is 20.2 Å². The lowest BCUT2D eigenvalue weighted by Crippen LogP contribution is -2.31. The van der Waals surface area contributed by atoms with Gasteiger partial charge in [-0.2, -0.15) is 0 Å². The molecule has 5 nitrogen and oxygen atoms in total. The van der Waals surface area contributed by atoms with Gasteiger partial charge in [0.1, 0.15) is 12.1 Å². The first-order chi connectivity index (χ1) is 16.4. The smallest absolute Gasteiger partial charge is 0.143 e. The third-order valence-corrected chi connectivity index (χ3v) is 6.00. The van der Waals surface area contributed by atoms with E-state index in [2.05, 4.69) is 107 Å². The van der Waals surface area contributed by atoms with E-state index in [1.807, 2.05) is 24.3 Å². The zero-order chi connectivity index (χ0) is 22.3. The van der Waals surface area contributed by atoms with Crippen LogP contribution in [0.2, 0.25) is 0 Å². The molecule has 0 N–H and O–H groups in total. The summed E-state index contributed by atoms with van der Waals surface area (Å²) >= 11 is 0. The van der Waals surface area contributed by atoms with Gasteiger partial charge < -0.3 is 4.74 Å². The fraction of sp³-hybridized carbons (Fsp3) is 0.107. The maximum Gasteiger partial charge on any atom is 0.143 e. The van der Waals surface area contributed by atoms with E-state index in [1.165, 1.54) is 16.7 Å². The van der Waals surface area contributed by atoms with Crippen LogP contribution in [-0.4, -0.2) is 26.8 Å². The molecular weight excluding hydrogens is 408 g/mol. The SMILES string of the molecule is c1ccc(C(CCOc2ccc(-n3cnnn3)cc2)(c2ccccc2)c2ccccc2)cc1. The minimum atomic E-state index is -0.323. The van der Waals surface area contributed by atoms with Crippen LogP contribution in [0, 0.1) is 0 Å². The van der Waals surface area contributed by atoms with Crippen molar-refractivity contribution in [1.29, 1.82) is 0 Å². The molecule has 33 heavy (non-hydrogen) atoms. The van der Waals surface area contributed by atoms with Gasteiger partial charge in [0, 0.05) is 5.41 Å². The Kier molecular flexibility index (Phi) is 5.93. The minimum absolute atomic E-state index is 0.323. The molecule has 5 heteroatoms. The van der Waals surface area contributed by atoms with E-state index in [0.717, 1.165) is 17.9 Å². The van der Waals surface area contributed by atoms with E-state index in [0.29, 0.717) is 6.61 Å². The van der Waals surface area contributed by atoms with Crippen LogP contribution in [0.25, 0.3) is 5.69 Å². The van der Waals surface area contributed by atoms with Crippen LogP contribution in [0.4, 0.5) is 0 Å². The molecule has 0 aliphatic heterocycles. The highest BCUT2D eigenvalue weighted by Gasteiger charge is 2.36. The van der Waals surface area contributed by atoms with E-state index < -0.39 is 0 Å². The van der Waals surface area contributed by atoms with Crippen LogP contribution in [0.15, 0.2) is 122 Å². The van der Waals surface area contributed by atoms with Crippen molar-refractivity contribution < 1.29 is 4.74 Å². The molecular formula is C28H24N4O. The van der Waals surface area contributed by atoms with Crippen molar-refractivity contribution in [3.8, 4) is 11.4 Å². The number of nitrogens with zero attached hydrogens (tertiary/aromatic N) is 4. The Labute approximate surface area is 193 Å². The van der Waals surface area contributed by atoms with E-state index in [9.17, 15) is 0 Å². The molecule has 162 valence electrons. The first-order valence-electron chi connectivity index (χ1n) is 11.0. The summed E-state index contributed by atoms with van der Waals surface area (Å²) in [6.45, 7) is 0.558. The number of benzene rings is 4. The van der Waals surface area contributed by atoms with Crippen LogP contribution in [0.1, 0.15) is 23.1 Å². The molecule has 1 aromatic heterocycles. The summed E-state index contributed by atoms with van der Waals surface area (Å²) in [6.07, 6.45) is 2.36. The van der Waals surface area contributed by atoms with Crippen molar-refractivity contribution in [2.75, 3.05) is 6.61 Å². The zero-order valence-electron chi connectivity index (χ0n) is 18.2. The highest BCUT2D eigenvalue weighted by atomic mass is 16.5. The molecule has 0 aliphatic carbocycles. The van der Waals surface area contributed by atoms with E-state index in [4.69, 9.17) is 4.74 Å². The molecule has 0 spiro atoms. The number of ether oxygens (including phenoxy) is 1. The largest absolute Gasteiger partial charge is 0.494 e. The highest BCUT2D eigenvalue weighted by Crippen LogP contribution is 2.42. The second kappa shape index (κ2) is 9.49. The standard InChI is InChI=1S/C28H24N4O/c1-4-10-23(11-5-1)28(24-12-6-2-7-13-24,25-14-8-3-9-15-25)20-21-33-27-18-16-26(17-19-27)32-22-29-30-31-32/h1-19,22H,20-21H2. The quantitative estimate of drug-likeness (QED) is 0.305. The molecule has 0 atom stereocenters. The second-order valence-electron chi connectivity index (χ2n) is 7.85. The van der Waals surface area contributed by atoms with Crippen LogP contribution in [-0.2, 0) is 5.41 Å². The molecule has 5 rings (SSSR count). The van der Waals surface area contributed by atoms with Crippen molar-refractivity contribution >= 4 is 0 Å². The van der Waals surface area contributed by atoms with Crippen LogP contribution >= 0.6 is 0 Å². The van der Waals surface area contributed by atoms with Crippen LogP contribution < -0.4 is 4.74 Å². The second-order valence-corrected chi connectivity index (χ2v) is 7.85. The lowest BCUT2D eigenvalue weighted by atomic mass is 9.67. The van der Waals surface area contributed by atoms with Gasteiger partial charge in [-0.25, -0.2) is 4.68 Å². The highest BCUT2D eigenvalue weighted by molar-refractivity contribution is 5.50. The van der Waals surface area contributed by atoms with Crippen molar-refractivity contribution in [3.05, 3.63) is 138 Å². The predicted octanol–water partition coefficient (Wildman–Crippen LogP) is 5.47. The molecule has 1 heterocycles. The molecule has 0 aliphatic rings. The van der Waals surface area contributed by atoms with Gasteiger partial charge in [0.2, 0.25) is 0 Å². The van der Waals surface area contributed by atoms with Crippen molar-refractivity contribution in [3.63, 3.8) is 0 Å². The first-order valence-corrected chi connectivity index (χ1v) is 11.0. The number of hydrogen-bond acceptors (Lipinski definition) is 4. The number of rotatable bonds is 8. The fourth-order valence-corrected chi connectivity index (χ4v) is 4.40. The first kappa shape index (κ1) is 20.6. The van der Waals surface area contributed by atoms with Gasteiger partial charge in [-0.1, -0.05) is 91.0 Å². The van der Waals surface area contributed by atoms with E-state index in [1.54, 1.807) is 11.0 Å². The fourth-order valence-electron chi connectivity index (χ4n) is 4.40. The minimum Gasteiger partial charge on any atom is -0.494 e. The molecule has 0 saturated carbocycles. The summed E-state index contributed by atoms with van der Waals surface area (Å²) in [5.41, 5.74) is 4.32. The van der Waals surface area contributed by atoms with Crippen LogP contribution in [0.3, 0.4) is 0 Å². The Morgan fingerprint density at radius 2 is 1.15 bits per heavy atom. The van der Waals surface area contributed by atoms with Crippen molar-refractivity contribution in [2.45, 2.75) is 11.8 Å². The lowest BCUT2D eigenvalue weighted by molar-refractivity contribution is 0.286. The predicted molar refractivity (Wildman–Crippen MR) is 128 cm³/mol. The Morgan fingerprint density at radius 1 is 0.636 bits per heavy atom. The maximum atomic E-state index is 6.24. The Morgan fingerprint density at radius 3 is 1.61 bits per heavy atom. The number of tetrazole rings is 1. The van der Waals surface area contributed by atoms with E-state index >= 15 is 0 Å². The van der Waals surface area contributed by atoms with E-state index in [-0.39, 0.29) is 5.41 Å². The maximum absolute atomic E-state index is 6.24. The third kappa shape index (κ3) is 4.26. The van der Waals surface area contributed by atoms with Gasteiger partial charge in [0.15, 0.2) is 0 Å². The summed E-state index contributed by atoms with van der Waals surface area (Å²) in [6, 6.07) is 39.9. The summed E-state index contributed by atoms with van der Waals surface area (Å²) in [7, 11) is 0. The monoisotopic (exact) mass is 432 g/mol. The van der Waals surface area contributed by atoms with Crippen LogP contribution in [0.5, 0.6) is 5.75 Å². The molecule has 5 aromatic rings. The average molecular weight is 433 g/mol. The Hall–Kier alpha value is -4.25. The van der Waals surface area contributed by atoms with Gasteiger partial charge >= 0.3 is 0 Å². The topological polar surface area (TPSA) is 52.8 Å². The number of aromatic nitrogens is 4. The Bertz CT molecular complexity index is 1160. The molecule has 0 amide bonds. The lowest BCUT2D eigenvalue weighted by Gasteiger charge is -2.36. The summed E-state index contributed by atoms with van der Waals surface area (Å²) in [5, 5.41) is 11.3.